The highest BCUT2D eigenvalue weighted by atomic mass is 32.1. The molecule has 35 heavy (non-hydrogen) atoms. The van der Waals surface area contributed by atoms with Crippen molar-refractivity contribution in [3.63, 3.8) is 0 Å². The van der Waals surface area contributed by atoms with E-state index in [1.807, 2.05) is 0 Å². The van der Waals surface area contributed by atoms with Gasteiger partial charge in [0.05, 0.1) is 13.7 Å². The summed E-state index contributed by atoms with van der Waals surface area (Å²) >= 11 is 1.09. The van der Waals surface area contributed by atoms with E-state index >= 15 is 0 Å². The number of nitrogens with one attached hydrogen (secondary N) is 3. The Morgan fingerprint density at radius 1 is 1.00 bits per heavy atom. The van der Waals surface area contributed by atoms with Gasteiger partial charge in [0.1, 0.15) is 10.8 Å². The van der Waals surface area contributed by atoms with Crippen molar-refractivity contribution in [2.75, 3.05) is 42.7 Å². The first-order valence-corrected chi connectivity index (χ1v) is 11.9. The van der Waals surface area contributed by atoms with Crippen LogP contribution in [0.2, 0.25) is 0 Å². The van der Waals surface area contributed by atoms with E-state index in [9.17, 15) is 14.4 Å². The molecule has 1 aromatic heterocycles. The Kier molecular flexibility index (Phi) is 7.58. The number of methoxy groups -OCH3 is 1. The molecular formula is C24H26N6O4S. The number of amides is 3. The van der Waals surface area contributed by atoms with Crippen molar-refractivity contribution < 1.29 is 19.1 Å². The van der Waals surface area contributed by atoms with Crippen LogP contribution in [0.5, 0.6) is 5.75 Å². The molecule has 3 amide bonds. The van der Waals surface area contributed by atoms with Gasteiger partial charge in [0, 0.05) is 16.9 Å². The zero-order valence-corrected chi connectivity index (χ0v) is 20.0. The minimum Gasteiger partial charge on any atom is -0.497 e. The third-order valence-corrected chi connectivity index (χ3v) is 6.31. The fourth-order valence-electron chi connectivity index (χ4n) is 3.65. The molecule has 0 atom stereocenters. The molecule has 1 fully saturated rings. The molecule has 182 valence electrons. The van der Waals surface area contributed by atoms with E-state index in [4.69, 9.17) is 10.5 Å². The van der Waals surface area contributed by atoms with Crippen LogP contribution in [0.25, 0.3) is 0 Å². The Morgan fingerprint density at radius 2 is 1.66 bits per heavy atom. The second-order valence-corrected chi connectivity index (χ2v) is 8.98. The highest BCUT2D eigenvalue weighted by molar-refractivity contribution is 7.20. The number of primary amides is 1. The van der Waals surface area contributed by atoms with Crippen molar-refractivity contribution in [3.8, 4) is 5.75 Å². The van der Waals surface area contributed by atoms with Gasteiger partial charge in [-0.25, -0.2) is 4.98 Å². The average Bonchev–Trinajstić information content (AvgIpc) is 3.50. The van der Waals surface area contributed by atoms with Gasteiger partial charge in [0.15, 0.2) is 10.8 Å². The minimum atomic E-state index is -0.754. The molecule has 10 nitrogen and oxygen atoms in total. The maximum atomic E-state index is 12.8. The van der Waals surface area contributed by atoms with Crippen molar-refractivity contribution in [2.45, 2.75) is 12.8 Å². The summed E-state index contributed by atoms with van der Waals surface area (Å²) in [6, 6.07) is 13.7. The third kappa shape index (κ3) is 6.34. The lowest BCUT2D eigenvalue weighted by atomic mass is 10.2. The van der Waals surface area contributed by atoms with Crippen LogP contribution in [0, 0.1) is 0 Å². The summed E-state index contributed by atoms with van der Waals surface area (Å²) in [6.45, 7) is 2.24. The molecule has 1 aliphatic rings. The molecule has 11 heteroatoms. The zero-order chi connectivity index (χ0) is 24.8. The second kappa shape index (κ2) is 11.0. The SMILES string of the molecule is COc1ccc(Nc2nc(C(N)=O)c(NC(=O)c3ccc(NC(=O)CN4CCCC4)cc3)s2)cc1. The highest BCUT2D eigenvalue weighted by Crippen LogP contribution is 2.31. The molecule has 0 radical (unpaired) electrons. The van der Waals surface area contributed by atoms with Crippen LogP contribution in [0.1, 0.15) is 33.7 Å². The topological polar surface area (TPSA) is 139 Å². The molecule has 5 N–H and O–H groups in total. The summed E-state index contributed by atoms with van der Waals surface area (Å²) in [4.78, 5) is 43.2. The number of carbonyl (C=O) groups is 3. The van der Waals surface area contributed by atoms with Crippen molar-refractivity contribution in [1.29, 1.82) is 0 Å². The van der Waals surface area contributed by atoms with Crippen molar-refractivity contribution in [3.05, 3.63) is 59.8 Å². The maximum Gasteiger partial charge on any atom is 0.270 e. The number of aromatic nitrogens is 1. The van der Waals surface area contributed by atoms with E-state index in [1.165, 1.54) is 0 Å². The smallest absolute Gasteiger partial charge is 0.270 e. The van der Waals surface area contributed by atoms with E-state index in [-0.39, 0.29) is 16.6 Å². The average molecular weight is 495 g/mol. The predicted molar refractivity (Wildman–Crippen MR) is 136 cm³/mol. The van der Waals surface area contributed by atoms with Gasteiger partial charge in [-0.1, -0.05) is 11.3 Å². The Hall–Kier alpha value is -3.96. The molecule has 0 aliphatic carbocycles. The van der Waals surface area contributed by atoms with E-state index in [1.54, 1.807) is 55.6 Å². The number of hydrogen-bond donors (Lipinski definition) is 4. The normalized spacial score (nSPS) is 13.3. The summed E-state index contributed by atoms with van der Waals surface area (Å²) in [5.74, 6) is -0.563. The monoisotopic (exact) mass is 494 g/mol. The molecule has 0 saturated carbocycles. The van der Waals surface area contributed by atoms with Gasteiger partial charge in [-0.3, -0.25) is 19.3 Å². The van der Waals surface area contributed by atoms with Crippen LogP contribution in [0.15, 0.2) is 48.5 Å². The fraction of sp³-hybridized carbons (Fsp3) is 0.250. The molecule has 1 saturated heterocycles. The van der Waals surface area contributed by atoms with Crippen LogP contribution in [0.4, 0.5) is 21.5 Å². The molecule has 4 rings (SSSR count). The van der Waals surface area contributed by atoms with Gasteiger partial charge in [-0.05, 0) is 74.5 Å². The largest absolute Gasteiger partial charge is 0.497 e. The van der Waals surface area contributed by atoms with Crippen LogP contribution in [-0.4, -0.2) is 54.3 Å². The van der Waals surface area contributed by atoms with Crippen LogP contribution < -0.4 is 26.4 Å². The highest BCUT2D eigenvalue weighted by Gasteiger charge is 2.19. The van der Waals surface area contributed by atoms with Gasteiger partial charge in [-0.15, -0.1) is 0 Å². The first-order chi connectivity index (χ1) is 16.9. The van der Waals surface area contributed by atoms with Crippen LogP contribution >= 0.6 is 11.3 Å². The molecule has 2 aromatic carbocycles. The second-order valence-electron chi connectivity index (χ2n) is 7.98. The number of likely N-dealkylation sites (tertiary alicyclic amines) is 1. The van der Waals surface area contributed by atoms with E-state index < -0.39 is 11.8 Å². The van der Waals surface area contributed by atoms with E-state index in [0.29, 0.717) is 28.7 Å². The summed E-state index contributed by atoms with van der Waals surface area (Å²) in [7, 11) is 1.58. The molecule has 0 spiro atoms. The number of hydrogen-bond acceptors (Lipinski definition) is 8. The van der Waals surface area contributed by atoms with Gasteiger partial charge >= 0.3 is 0 Å². The Balaban J connectivity index is 1.39. The molecular weight excluding hydrogens is 468 g/mol. The summed E-state index contributed by atoms with van der Waals surface area (Å²) in [5.41, 5.74) is 7.12. The van der Waals surface area contributed by atoms with E-state index in [0.717, 1.165) is 43.0 Å². The lowest BCUT2D eigenvalue weighted by Crippen LogP contribution is -2.30. The van der Waals surface area contributed by atoms with Gasteiger partial charge in [-0.2, -0.15) is 0 Å². The number of benzene rings is 2. The lowest BCUT2D eigenvalue weighted by Gasteiger charge is -2.14. The molecule has 0 unspecified atom stereocenters. The van der Waals surface area contributed by atoms with Crippen LogP contribution in [0.3, 0.4) is 0 Å². The lowest BCUT2D eigenvalue weighted by molar-refractivity contribution is -0.117. The number of thiazole rings is 1. The van der Waals surface area contributed by atoms with Gasteiger partial charge in [0.25, 0.3) is 11.8 Å². The standard InChI is InChI=1S/C24H26N6O4S/c1-34-18-10-8-17(9-11-18)27-24-28-20(21(25)32)23(35-24)29-22(33)15-4-6-16(7-5-15)26-19(31)14-30-12-2-3-13-30/h4-11H,2-3,12-14H2,1H3,(H2,25,32)(H,26,31)(H,27,28)(H,29,33). The first kappa shape index (κ1) is 24.2. The number of rotatable bonds is 9. The zero-order valence-electron chi connectivity index (χ0n) is 19.2. The number of nitrogens with two attached hydrogens (primary N) is 1. The number of anilines is 4. The first-order valence-electron chi connectivity index (χ1n) is 11.1. The summed E-state index contributed by atoms with van der Waals surface area (Å²) in [6.07, 6.45) is 2.24. The maximum absolute atomic E-state index is 12.8. The summed E-state index contributed by atoms with van der Waals surface area (Å²) < 4.78 is 5.14. The number of nitrogens with zero attached hydrogens (tertiary/aromatic N) is 2. The molecule has 2 heterocycles. The fourth-order valence-corrected chi connectivity index (χ4v) is 4.53. The quantitative estimate of drug-likeness (QED) is 0.358. The third-order valence-electron chi connectivity index (χ3n) is 5.43. The van der Waals surface area contributed by atoms with Crippen molar-refractivity contribution in [1.82, 2.24) is 9.88 Å². The minimum absolute atomic E-state index is 0.0369. The number of ether oxygens (including phenoxy) is 1. The number of carbonyl (C=O) groups excluding carboxylic acids is 3. The van der Waals surface area contributed by atoms with Gasteiger partial charge < -0.3 is 26.4 Å². The van der Waals surface area contributed by atoms with E-state index in [2.05, 4.69) is 25.8 Å². The van der Waals surface area contributed by atoms with Crippen molar-refractivity contribution in [2.24, 2.45) is 5.73 Å². The predicted octanol–water partition coefficient (Wildman–Crippen LogP) is 3.28. The van der Waals surface area contributed by atoms with Gasteiger partial charge in [0.2, 0.25) is 5.91 Å². The molecule has 1 aliphatic heterocycles. The van der Waals surface area contributed by atoms with Crippen molar-refractivity contribution >= 4 is 50.6 Å². The Labute approximate surface area is 206 Å². The Bertz CT molecular complexity index is 1200. The van der Waals surface area contributed by atoms with Crippen LogP contribution in [-0.2, 0) is 4.79 Å². The molecule has 0 bridgehead atoms. The summed E-state index contributed by atoms with van der Waals surface area (Å²) in [5, 5.41) is 9.27. The molecule has 3 aromatic rings. The Morgan fingerprint density at radius 3 is 2.29 bits per heavy atom.